The number of carbonyl (C=O) groups excluding carboxylic acids is 1. The number of hydrogen-bond acceptors (Lipinski definition) is 4. The number of rotatable bonds is 4. The quantitative estimate of drug-likeness (QED) is 0.682. The number of carboxylic acids is 1. The fourth-order valence-corrected chi connectivity index (χ4v) is 1.26. The average Bonchev–Trinajstić information content (AvgIpc) is 2.44. The first-order chi connectivity index (χ1) is 10.2. The summed E-state index contributed by atoms with van der Waals surface area (Å²) in [5.74, 6) is -0.613. The maximum Gasteiger partial charge on any atom is 0.330 e. The van der Waals surface area contributed by atoms with Gasteiger partial charge in [0.05, 0.1) is 7.11 Å². The average molecular weight is 306 g/mol. The van der Waals surface area contributed by atoms with Gasteiger partial charge in [0.25, 0.3) is 0 Å². The van der Waals surface area contributed by atoms with Crippen molar-refractivity contribution >= 4 is 18.0 Å². The first-order valence-corrected chi connectivity index (χ1v) is 6.58. The molecule has 22 heavy (non-hydrogen) atoms. The smallest absolute Gasteiger partial charge is 0.330 e. The summed E-state index contributed by atoms with van der Waals surface area (Å²) < 4.78 is 9.81. The Bertz CT molecular complexity index is 538. The number of ether oxygens (including phenoxy) is 2. The van der Waals surface area contributed by atoms with E-state index in [-0.39, 0.29) is 5.97 Å². The molecule has 0 saturated heterocycles. The van der Waals surface area contributed by atoms with Crippen LogP contribution >= 0.6 is 0 Å². The predicted molar refractivity (Wildman–Crippen MR) is 85.7 cm³/mol. The molecule has 1 rings (SSSR count). The lowest BCUT2D eigenvalue weighted by Gasteiger charge is -2.17. The van der Waals surface area contributed by atoms with Gasteiger partial charge in [-0.05, 0) is 44.5 Å². The molecule has 0 aromatic heterocycles. The van der Waals surface area contributed by atoms with Gasteiger partial charge in [-0.2, -0.15) is 0 Å². The van der Waals surface area contributed by atoms with E-state index >= 15 is 0 Å². The zero-order chi connectivity index (χ0) is 17.2. The Morgan fingerprint density at radius 1 is 1.27 bits per heavy atom. The molecule has 0 bridgehead atoms. The number of carbonyl (C=O) groups is 2. The highest BCUT2D eigenvalue weighted by molar-refractivity contribution is 5.85. The minimum Gasteiger partial charge on any atom is -0.497 e. The van der Waals surface area contributed by atoms with Crippen LogP contribution in [0.5, 0.6) is 5.75 Å². The molecule has 120 valence electrons. The molecule has 5 heteroatoms. The third kappa shape index (κ3) is 10.3. The van der Waals surface area contributed by atoms with E-state index in [0.29, 0.717) is 5.75 Å². The Morgan fingerprint density at radius 2 is 1.91 bits per heavy atom. The summed E-state index contributed by atoms with van der Waals surface area (Å²) in [6.45, 7) is 8.71. The summed E-state index contributed by atoms with van der Waals surface area (Å²) in [7, 11) is 1.57. The maximum absolute atomic E-state index is 10.5. The van der Waals surface area contributed by atoms with E-state index in [1.807, 2.05) is 26.8 Å². The van der Waals surface area contributed by atoms with Gasteiger partial charge < -0.3 is 14.6 Å². The van der Waals surface area contributed by atoms with Crippen molar-refractivity contribution in [1.29, 1.82) is 0 Å². The second kappa shape index (κ2) is 9.39. The van der Waals surface area contributed by atoms with Crippen molar-refractivity contribution in [1.82, 2.24) is 0 Å². The molecule has 0 saturated carbocycles. The first kappa shape index (κ1) is 19.4. The van der Waals surface area contributed by atoms with Gasteiger partial charge in [-0.25, -0.2) is 9.59 Å². The van der Waals surface area contributed by atoms with Crippen molar-refractivity contribution in [3.63, 3.8) is 0 Å². The van der Waals surface area contributed by atoms with Gasteiger partial charge >= 0.3 is 11.9 Å². The molecule has 0 aliphatic rings. The molecule has 1 N–H and O–H groups in total. The van der Waals surface area contributed by atoms with E-state index in [1.165, 1.54) is 6.08 Å². The SMILES string of the molecule is C=CC(=O)OC(C)(C)C.COc1cccc(/C=C/C(=O)O)c1. The fourth-order valence-electron chi connectivity index (χ4n) is 1.26. The van der Waals surface area contributed by atoms with Gasteiger partial charge in [-0.15, -0.1) is 0 Å². The van der Waals surface area contributed by atoms with Crippen LogP contribution in [0.3, 0.4) is 0 Å². The first-order valence-electron chi connectivity index (χ1n) is 6.58. The lowest BCUT2D eigenvalue weighted by molar-refractivity contribution is -0.148. The standard InChI is InChI=1S/C10H10O3.C7H12O2/c1-13-9-4-2-3-8(7-9)5-6-10(11)12;1-5-6(8)9-7(2,3)4/h2-7H,1H3,(H,11,12);5H,1H2,2-4H3/b6-5+;. The second-order valence-corrected chi connectivity index (χ2v) is 5.19. The largest absolute Gasteiger partial charge is 0.497 e. The summed E-state index contributed by atoms with van der Waals surface area (Å²) >= 11 is 0. The Hall–Kier alpha value is -2.56. The van der Waals surface area contributed by atoms with E-state index in [9.17, 15) is 9.59 Å². The fraction of sp³-hybridized carbons (Fsp3) is 0.294. The highest BCUT2D eigenvalue weighted by Crippen LogP contribution is 2.13. The highest BCUT2D eigenvalue weighted by Gasteiger charge is 2.12. The molecule has 0 unspecified atom stereocenters. The van der Waals surface area contributed by atoms with Gasteiger partial charge in [-0.1, -0.05) is 18.7 Å². The minimum absolute atomic E-state index is 0.373. The van der Waals surface area contributed by atoms with Gasteiger partial charge in [0.2, 0.25) is 0 Å². The van der Waals surface area contributed by atoms with Crippen LogP contribution < -0.4 is 4.74 Å². The Balaban J connectivity index is 0.000000433. The summed E-state index contributed by atoms with van der Waals surface area (Å²) in [5.41, 5.74) is 0.410. The van der Waals surface area contributed by atoms with Crippen molar-refractivity contribution < 1.29 is 24.2 Å². The third-order valence-electron chi connectivity index (χ3n) is 2.09. The van der Waals surface area contributed by atoms with Crippen LogP contribution in [0.2, 0.25) is 0 Å². The predicted octanol–water partition coefficient (Wildman–Crippen LogP) is 3.31. The molecule has 0 aliphatic carbocycles. The Morgan fingerprint density at radius 3 is 2.32 bits per heavy atom. The number of benzene rings is 1. The Kier molecular flexibility index (Phi) is 8.30. The number of hydrogen-bond donors (Lipinski definition) is 1. The van der Waals surface area contributed by atoms with Crippen molar-refractivity contribution in [3.8, 4) is 5.75 Å². The van der Waals surface area contributed by atoms with Crippen LogP contribution in [-0.2, 0) is 14.3 Å². The molecule has 0 atom stereocenters. The highest BCUT2D eigenvalue weighted by atomic mass is 16.6. The molecule has 0 radical (unpaired) electrons. The molecule has 0 heterocycles. The van der Waals surface area contributed by atoms with Crippen LogP contribution in [0.1, 0.15) is 26.3 Å². The van der Waals surface area contributed by atoms with E-state index < -0.39 is 11.6 Å². The van der Waals surface area contributed by atoms with Crippen molar-refractivity contribution in [2.75, 3.05) is 7.11 Å². The molecule has 5 nitrogen and oxygen atoms in total. The molecule has 0 amide bonds. The van der Waals surface area contributed by atoms with Crippen molar-refractivity contribution in [2.45, 2.75) is 26.4 Å². The number of methoxy groups -OCH3 is 1. The maximum atomic E-state index is 10.5. The van der Waals surface area contributed by atoms with E-state index in [2.05, 4.69) is 6.58 Å². The zero-order valence-electron chi connectivity index (χ0n) is 13.3. The summed E-state index contributed by atoms with van der Waals surface area (Å²) in [6.07, 6.45) is 3.77. The normalized spacial score (nSPS) is 10.4. The summed E-state index contributed by atoms with van der Waals surface area (Å²) in [4.78, 5) is 20.7. The zero-order valence-corrected chi connectivity index (χ0v) is 13.3. The van der Waals surface area contributed by atoms with Gasteiger partial charge in [0, 0.05) is 12.2 Å². The summed E-state index contributed by atoms with van der Waals surface area (Å²) in [6, 6.07) is 7.18. The van der Waals surface area contributed by atoms with Crippen LogP contribution in [-0.4, -0.2) is 29.8 Å². The Labute approximate surface area is 130 Å². The molecule has 0 aliphatic heterocycles. The van der Waals surface area contributed by atoms with Crippen LogP contribution in [0.25, 0.3) is 6.08 Å². The van der Waals surface area contributed by atoms with Crippen LogP contribution in [0.15, 0.2) is 43.0 Å². The van der Waals surface area contributed by atoms with Gasteiger partial charge in [0.15, 0.2) is 0 Å². The van der Waals surface area contributed by atoms with E-state index in [0.717, 1.165) is 17.7 Å². The monoisotopic (exact) mass is 306 g/mol. The number of carboxylic acid groups (broad SMARTS) is 1. The lowest BCUT2D eigenvalue weighted by atomic mass is 10.2. The second-order valence-electron chi connectivity index (χ2n) is 5.19. The van der Waals surface area contributed by atoms with Gasteiger partial charge in [0.1, 0.15) is 11.4 Å². The van der Waals surface area contributed by atoms with E-state index in [1.54, 1.807) is 25.3 Å². The molecule has 1 aromatic rings. The topological polar surface area (TPSA) is 72.8 Å². The van der Waals surface area contributed by atoms with Gasteiger partial charge in [-0.3, -0.25) is 0 Å². The van der Waals surface area contributed by atoms with Crippen LogP contribution in [0.4, 0.5) is 0 Å². The van der Waals surface area contributed by atoms with Crippen molar-refractivity contribution in [3.05, 3.63) is 48.6 Å². The molecule has 0 spiro atoms. The van der Waals surface area contributed by atoms with Crippen molar-refractivity contribution in [2.24, 2.45) is 0 Å². The molecular weight excluding hydrogens is 284 g/mol. The van der Waals surface area contributed by atoms with E-state index in [4.69, 9.17) is 14.6 Å². The minimum atomic E-state index is -0.956. The number of esters is 1. The lowest BCUT2D eigenvalue weighted by Crippen LogP contribution is -2.22. The molecule has 1 aromatic carbocycles. The third-order valence-corrected chi connectivity index (χ3v) is 2.09. The van der Waals surface area contributed by atoms with Crippen LogP contribution in [0, 0.1) is 0 Å². The molecular formula is C17H22O5. The molecule has 0 fully saturated rings. The summed E-state index contributed by atoms with van der Waals surface area (Å²) in [5, 5.41) is 8.38. The number of aliphatic carboxylic acids is 1.